The van der Waals surface area contributed by atoms with E-state index in [2.05, 4.69) is 0 Å². The molecule has 7 nitrogen and oxygen atoms in total. The lowest BCUT2D eigenvalue weighted by Gasteiger charge is -2.36. The molecule has 178 valence electrons. The van der Waals surface area contributed by atoms with E-state index in [9.17, 15) is 9.59 Å². The first-order chi connectivity index (χ1) is 16.8. The van der Waals surface area contributed by atoms with Gasteiger partial charge in [0.2, 0.25) is 6.79 Å². The summed E-state index contributed by atoms with van der Waals surface area (Å²) in [6.45, 7) is 6.27. The summed E-state index contributed by atoms with van der Waals surface area (Å²) in [5, 5.41) is 0.687. The second-order valence-corrected chi connectivity index (χ2v) is 9.01. The number of carbonyl (C=O) groups is 2. The minimum Gasteiger partial charge on any atom is -0.454 e. The molecule has 0 N–H and O–H groups in total. The molecule has 0 unspecified atom stereocenters. The molecule has 2 amide bonds. The van der Waals surface area contributed by atoms with Gasteiger partial charge >= 0.3 is 0 Å². The molecule has 3 aromatic rings. The van der Waals surface area contributed by atoms with Crippen molar-refractivity contribution < 1.29 is 19.1 Å². The number of amides is 2. The molecule has 0 spiro atoms. The lowest BCUT2D eigenvalue weighted by atomic mass is 10.1. The van der Waals surface area contributed by atoms with E-state index >= 15 is 0 Å². The van der Waals surface area contributed by atoms with Crippen molar-refractivity contribution in [2.45, 2.75) is 20.8 Å². The number of aryl methyl sites for hydroxylation is 1. The highest BCUT2D eigenvalue weighted by Gasteiger charge is 2.39. The average Bonchev–Trinajstić information content (AvgIpc) is 3.41. The van der Waals surface area contributed by atoms with Gasteiger partial charge in [0, 0.05) is 34.7 Å². The number of rotatable bonds is 4. The van der Waals surface area contributed by atoms with Gasteiger partial charge in [0.25, 0.3) is 11.8 Å². The SMILES string of the molecule is CCN1C(=O)/C(=C\c2cc(C)n(-c3ccc4c(c3)OCO4)c2C)C(=O)N(c2ccc(Cl)cc2)C1=S. The third-order valence-corrected chi connectivity index (χ3v) is 6.77. The smallest absolute Gasteiger partial charge is 0.270 e. The van der Waals surface area contributed by atoms with Gasteiger partial charge in [-0.05, 0) is 87.1 Å². The Balaban J connectivity index is 1.58. The lowest BCUT2D eigenvalue weighted by molar-refractivity contribution is -0.127. The Morgan fingerprint density at radius 1 is 0.971 bits per heavy atom. The molecule has 1 saturated heterocycles. The molecule has 0 atom stereocenters. The first-order valence-electron chi connectivity index (χ1n) is 11.1. The average molecular weight is 508 g/mol. The number of aromatic nitrogens is 1. The Bertz CT molecular complexity index is 1410. The van der Waals surface area contributed by atoms with Gasteiger partial charge in [0.15, 0.2) is 16.6 Å². The number of carbonyl (C=O) groups excluding carboxylic acids is 2. The van der Waals surface area contributed by atoms with E-state index in [1.807, 2.05) is 49.6 Å². The topological polar surface area (TPSA) is 64.0 Å². The van der Waals surface area contributed by atoms with Crippen LogP contribution < -0.4 is 14.4 Å². The highest BCUT2D eigenvalue weighted by Crippen LogP contribution is 2.35. The molecule has 0 saturated carbocycles. The monoisotopic (exact) mass is 507 g/mol. The predicted molar refractivity (Wildman–Crippen MR) is 138 cm³/mol. The Labute approximate surface area is 213 Å². The Kier molecular flexibility index (Phi) is 5.86. The van der Waals surface area contributed by atoms with Gasteiger partial charge in [-0.1, -0.05) is 11.6 Å². The number of nitrogens with zero attached hydrogens (tertiary/aromatic N) is 3. The maximum absolute atomic E-state index is 13.6. The molecule has 2 aliphatic rings. The number of halogens is 1. The summed E-state index contributed by atoms with van der Waals surface area (Å²) in [5.41, 5.74) is 4.07. The van der Waals surface area contributed by atoms with Crippen molar-refractivity contribution in [1.82, 2.24) is 9.47 Å². The number of fused-ring (bicyclic) bond motifs is 1. The minimum atomic E-state index is -0.472. The van der Waals surface area contributed by atoms with E-state index in [0.717, 1.165) is 22.6 Å². The highest BCUT2D eigenvalue weighted by atomic mass is 35.5. The van der Waals surface area contributed by atoms with Crippen molar-refractivity contribution in [2.75, 3.05) is 18.2 Å². The van der Waals surface area contributed by atoms with Gasteiger partial charge in [0.05, 0.1) is 5.69 Å². The number of hydrogen-bond acceptors (Lipinski definition) is 5. The molecule has 1 aromatic heterocycles. The van der Waals surface area contributed by atoms with Crippen LogP contribution in [0.4, 0.5) is 5.69 Å². The molecule has 35 heavy (non-hydrogen) atoms. The molecule has 0 bridgehead atoms. The van der Waals surface area contributed by atoms with Gasteiger partial charge in [-0.2, -0.15) is 0 Å². The molecular weight excluding hydrogens is 486 g/mol. The summed E-state index contributed by atoms with van der Waals surface area (Å²) in [6, 6.07) is 14.5. The molecule has 0 aliphatic carbocycles. The summed E-state index contributed by atoms with van der Waals surface area (Å²) in [6.07, 6.45) is 1.64. The zero-order chi connectivity index (χ0) is 24.9. The normalized spacial score (nSPS) is 16.6. The summed E-state index contributed by atoms with van der Waals surface area (Å²) < 4.78 is 13.0. The van der Waals surface area contributed by atoms with E-state index in [4.69, 9.17) is 33.3 Å². The van der Waals surface area contributed by atoms with E-state index in [-0.39, 0.29) is 17.5 Å². The van der Waals surface area contributed by atoms with Crippen molar-refractivity contribution in [1.29, 1.82) is 0 Å². The van der Waals surface area contributed by atoms with Crippen molar-refractivity contribution in [3.8, 4) is 17.2 Å². The number of thiocarbonyl (C=S) groups is 1. The fourth-order valence-corrected chi connectivity index (χ4v) is 4.91. The molecule has 3 heterocycles. The molecule has 1 fully saturated rings. The van der Waals surface area contributed by atoms with Gasteiger partial charge in [0.1, 0.15) is 5.57 Å². The van der Waals surface area contributed by atoms with E-state index in [1.165, 1.54) is 9.80 Å². The van der Waals surface area contributed by atoms with Crippen LogP contribution in [0.5, 0.6) is 11.5 Å². The molecular formula is C26H22ClN3O4S. The maximum Gasteiger partial charge on any atom is 0.270 e. The van der Waals surface area contributed by atoms with Crippen molar-refractivity contribution in [2.24, 2.45) is 0 Å². The van der Waals surface area contributed by atoms with Gasteiger partial charge in [-0.15, -0.1) is 0 Å². The van der Waals surface area contributed by atoms with E-state index in [0.29, 0.717) is 28.8 Å². The van der Waals surface area contributed by atoms with E-state index < -0.39 is 11.8 Å². The zero-order valence-electron chi connectivity index (χ0n) is 19.4. The largest absolute Gasteiger partial charge is 0.454 e. The van der Waals surface area contributed by atoms with Crippen LogP contribution in [-0.2, 0) is 9.59 Å². The standard InChI is InChI=1S/C26H22ClN3O4S/c1-4-28-24(31)21(25(32)30(26(28)35)19-7-5-18(27)6-8-19)12-17-11-15(2)29(16(17)3)20-9-10-22-23(13-20)34-14-33-22/h5-13H,4,14H2,1-3H3/b21-12+. The Morgan fingerprint density at radius 2 is 1.66 bits per heavy atom. The minimum absolute atomic E-state index is 0.0429. The fourth-order valence-electron chi connectivity index (χ4n) is 4.38. The maximum atomic E-state index is 13.6. The molecule has 0 radical (unpaired) electrons. The fraction of sp³-hybridized carbons (Fsp3) is 0.192. The van der Waals surface area contributed by atoms with Gasteiger partial charge < -0.3 is 14.0 Å². The third kappa shape index (κ3) is 3.88. The van der Waals surface area contributed by atoms with Crippen LogP contribution in [0.3, 0.4) is 0 Å². The van der Waals surface area contributed by atoms with Gasteiger partial charge in [-0.3, -0.25) is 19.4 Å². The second kappa shape index (κ2) is 8.87. The lowest BCUT2D eigenvalue weighted by Crippen LogP contribution is -2.56. The first kappa shape index (κ1) is 23.1. The van der Waals surface area contributed by atoms with Crippen LogP contribution in [0.1, 0.15) is 23.9 Å². The van der Waals surface area contributed by atoms with Crippen LogP contribution >= 0.6 is 23.8 Å². The molecule has 2 aromatic carbocycles. The molecule has 5 rings (SSSR count). The number of anilines is 1. The zero-order valence-corrected chi connectivity index (χ0v) is 20.9. The third-order valence-electron chi connectivity index (χ3n) is 6.12. The molecule has 9 heteroatoms. The van der Waals surface area contributed by atoms with E-state index in [1.54, 1.807) is 30.3 Å². The van der Waals surface area contributed by atoms with Crippen LogP contribution in [-0.4, -0.2) is 39.7 Å². The quantitative estimate of drug-likeness (QED) is 0.281. The van der Waals surface area contributed by atoms with Crippen LogP contribution in [0.25, 0.3) is 11.8 Å². The van der Waals surface area contributed by atoms with Gasteiger partial charge in [-0.25, -0.2) is 0 Å². The molecule has 2 aliphatic heterocycles. The highest BCUT2D eigenvalue weighted by molar-refractivity contribution is 7.80. The summed E-state index contributed by atoms with van der Waals surface area (Å²) in [5.74, 6) is 0.494. The first-order valence-corrected chi connectivity index (χ1v) is 11.8. The number of hydrogen-bond donors (Lipinski definition) is 0. The summed E-state index contributed by atoms with van der Waals surface area (Å²) in [4.78, 5) is 29.6. The van der Waals surface area contributed by atoms with Crippen molar-refractivity contribution in [3.63, 3.8) is 0 Å². The van der Waals surface area contributed by atoms with Crippen LogP contribution in [0.2, 0.25) is 5.02 Å². The predicted octanol–water partition coefficient (Wildman–Crippen LogP) is 5.04. The van der Waals surface area contributed by atoms with Crippen LogP contribution in [0.15, 0.2) is 54.1 Å². The summed E-state index contributed by atoms with van der Waals surface area (Å²) >= 11 is 11.5. The summed E-state index contributed by atoms with van der Waals surface area (Å²) in [7, 11) is 0. The number of benzene rings is 2. The van der Waals surface area contributed by atoms with Crippen molar-refractivity contribution in [3.05, 3.63) is 76.1 Å². The van der Waals surface area contributed by atoms with Crippen LogP contribution in [0, 0.1) is 13.8 Å². The Morgan fingerprint density at radius 3 is 2.37 bits per heavy atom. The Hall–Kier alpha value is -3.62. The number of likely N-dealkylation sites (N-methyl/N-ethyl adjacent to an activating group) is 1. The number of ether oxygens (including phenoxy) is 2. The second-order valence-electron chi connectivity index (χ2n) is 8.21. The van der Waals surface area contributed by atoms with Crippen molar-refractivity contribution >= 4 is 52.5 Å².